The number of aromatic nitrogens is 4. The predicted molar refractivity (Wildman–Crippen MR) is 96.5 cm³/mol. The van der Waals surface area contributed by atoms with Crippen molar-refractivity contribution in [3.05, 3.63) is 70.8 Å². The molecule has 126 valence electrons. The van der Waals surface area contributed by atoms with Crippen molar-refractivity contribution >= 4 is 11.6 Å². The second-order valence-corrected chi connectivity index (χ2v) is 6.14. The molecule has 4 rings (SSSR count). The van der Waals surface area contributed by atoms with Gasteiger partial charge in [0.1, 0.15) is 11.8 Å². The van der Waals surface area contributed by atoms with Crippen LogP contribution in [0.3, 0.4) is 0 Å². The molecule has 0 saturated heterocycles. The normalized spacial score (nSPS) is 16.0. The van der Waals surface area contributed by atoms with Gasteiger partial charge in [0.15, 0.2) is 0 Å². The van der Waals surface area contributed by atoms with E-state index in [0.717, 1.165) is 22.6 Å². The summed E-state index contributed by atoms with van der Waals surface area (Å²) in [4.78, 5) is 0. The average molecular weight is 333 g/mol. The third-order valence-electron chi connectivity index (χ3n) is 4.60. The topological polar surface area (TPSA) is 64.9 Å². The van der Waals surface area contributed by atoms with Gasteiger partial charge in [0, 0.05) is 11.3 Å². The van der Waals surface area contributed by atoms with Crippen molar-refractivity contribution in [2.45, 2.75) is 19.9 Å². The Kier molecular flexibility index (Phi) is 3.72. The van der Waals surface area contributed by atoms with Crippen molar-refractivity contribution in [2.75, 3.05) is 12.4 Å². The van der Waals surface area contributed by atoms with Crippen molar-refractivity contribution in [1.29, 1.82) is 0 Å². The van der Waals surface area contributed by atoms with Crippen LogP contribution < -0.4 is 10.1 Å². The molecule has 0 bridgehead atoms. The molecule has 1 N–H and O–H groups in total. The zero-order valence-electron chi connectivity index (χ0n) is 14.4. The second kappa shape index (κ2) is 6.05. The minimum atomic E-state index is -0.140. The van der Waals surface area contributed by atoms with Gasteiger partial charge < -0.3 is 10.1 Å². The maximum Gasteiger partial charge on any atom is 0.248 e. The summed E-state index contributed by atoms with van der Waals surface area (Å²) in [5.74, 6) is 1.43. The molecule has 1 aromatic heterocycles. The van der Waals surface area contributed by atoms with Crippen molar-refractivity contribution in [2.24, 2.45) is 0 Å². The van der Waals surface area contributed by atoms with E-state index < -0.39 is 0 Å². The first-order valence-corrected chi connectivity index (χ1v) is 8.14. The van der Waals surface area contributed by atoms with Crippen LogP contribution in [-0.4, -0.2) is 27.3 Å². The highest BCUT2D eigenvalue weighted by molar-refractivity contribution is 5.77. The lowest BCUT2D eigenvalue weighted by Crippen LogP contribution is -2.20. The highest BCUT2D eigenvalue weighted by Gasteiger charge is 2.26. The minimum absolute atomic E-state index is 0.140. The maximum atomic E-state index is 5.53. The summed E-state index contributed by atoms with van der Waals surface area (Å²) in [6.07, 6.45) is 2.13. The summed E-state index contributed by atoms with van der Waals surface area (Å²) in [5.41, 5.74) is 5.63. The minimum Gasteiger partial charge on any atom is -0.496 e. The van der Waals surface area contributed by atoms with Crippen molar-refractivity contribution in [1.82, 2.24) is 20.2 Å². The van der Waals surface area contributed by atoms with E-state index in [9.17, 15) is 0 Å². The zero-order valence-corrected chi connectivity index (χ0v) is 14.4. The molecule has 25 heavy (non-hydrogen) atoms. The number of tetrazole rings is 1. The van der Waals surface area contributed by atoms with Crippen LogP contribution in [0.25, 0.3) is 5.70 Å². The van der Waals surface area contributed by atoms with Gasteiger partial charge in [0.25, 0.3) is 0 Å². The lowest BCUT2D eigenvalue weighted by atomic mass is 9.99. The summed E-state index contributed by atoms with van der Waals surface area (Å²) in [6.45, 7) is 4.23. The highest BCUT2D eigenvalue weighted by Crippen LogP contribution is 2.35. The third kappa shape index (κ3) is 2.65. The number of rotatable bonds is 3. The maximum absolute atomic E-state index is 5.53. The van der Waals surface area contributed by atoms with Gasteiger partial charge in [-0.3, -0.25) is 0 Å². The van der Waals surface area contributed by atoms with Crippen LogP contribution in [0.1, 0.15) is 28.3 Å². The number of para-hydroxylation sites is 1. The molecule has 0 saturated carbocycles. The van der Waals surface area contributed by atoms with Crippen molar-refractivity contribution < 1.29 is 4.74 Å². The number of nitrogens with one attached hydrogen (secondary N) is 1. The fraction of sp³-hybridized carbons (Fsp3) is 0.211. The van der Waals surface area contributed by atoms with E-state index in [1.807, 2.05) is 24.3 Å². The number of methoxy groups -OCH3 is 1. The average Bonchev–Trinajstić information content (AvgIpc) is 3.12. The number of ether oxygens (including phenoxy) is 1. The molecule has 0 spiro atoms. The molecule has 2 heterocycles. The number of hydrogen-bond acceptors (Lipinski definition) is 5. The van der Waals surface area contributed by atoms with Gasteiger partial charge in [-0.25, -0.2) is 0 Å². The van der Waals surface area contributed by atoms with Gasteiger partial charge in [-0.2, -0.15) is 4.68 Å². The first-order chi connectivity index (χ1) is 12.2. The molecule has 0 amide bonds. The zero-order chi connectivity index (χ0) is 17.4. The van der Waals surface area contributed by atoms with Gasteiger partial charge in [-0.05, 0) is 59.2 Å². The molecule has 0 aliphatic carbocycles. The van der Waals surface area contributed by atoms with E-state index in [1.54, 1.807) is 11.8 Å². The molecular weight excluding hydrogens is 314 g/mol. The first kappa shape index (κ1) is 15.4. The van der Waals surface area contributed by atoms with Gasteiger partial charge in [0.05, 0.1) is 7.11 Å². The summed E-state index contributed by atoms with van der Waals surface area (Å²) >= 11 is 0. The molecule has 3 aromatic rings. The number of benzene rings is 2. The Bertz CT molecular complexity index is 960. The SMILES string of the molecule is COc1ccccc1[C@H]1C=C(c2ccc(C)c(C)c2)Nc2nnnn21. The number of aryl methyl sites for hydroxylation is 2. The summed E-state index contributed by atoms with van der Waals surface area (Å²) in [7, 11) is 1.67. The smallest absolute Gasteiger partial charge is 0.248 e. The fourth-order valence-electron chi connectivity index (χ4n) is 3.06. The van der Waals surface area contributed by atoms with Crippen LogP contribution in [0.5, 0.6) is 5.75 Å². The standard InChI is InChI=1S/C19H19N5O/c1-12-8-9-14(10-13(12)2)16-11-17(24-19(20-16)21-22-23-24)15-6-4-5-7-18(15)25-3/h4-11,17H,1-3H3,(H,20,21,23)/t17-/m1/s1. The molecule has 1 aliphatic heterocycles. The largest absolute Gasteiger partial charge is 0.496 e. The quantitative estimate of drug-likeness (QED) is 0.796. The van der Waals surface area contributed by atoms with E-state index in [2.05, 4.69) is 59.0 Å². The number of anilines is 1. The van der Waals surface area contributed by atoms with Crippen LogP contribution >= 0.6 is 0 Å². The van der Waals surface area contributed by atoms with Crippen LogP contribution in [0.4, 0.5) is 5.95 Å². The van der Waals surface area contributed by atoms with Crippen LogP contribution in [0.2, 0.25) is 0 Å². The van der Waals surface area contributed by atoms with Crippen LogP contribution in [0, 0.1) is 13.8 Å². The first-order valence-electron chi connectivity index (χ1n) is 8.14. The molecular formula is C19H19N5O. The Labute approximate surface area is 146 Å². The summed E-state index contributed by atoms with van der Waals surface area (Å²) < 4.78 is 7.30. The summed E-state index contributed by atoms with van der Waals surface area (Å²) in [6, 6.07) is 14.2. The Hall–Kier alpha value is -3.15. The van der Waals surface area contributed by atoms with E-state index in [4.69, 9.17) is 4.74 Å². The molecule has 6 nitrogen and oxygen atoms in total. The Balaban J connectivity index is 1.84. The van der Waals surface area contributed by atoms with Gasteiger partial charge >= 0.3 is 0 Å². The molecule has 1 aliphatic rings. The number of hydrogen-bond donors (Lipinski definition) is 1. The molecule has 1 atom stereocenters. The van der Waals surface area contributed by atoms with E-state index in [1.165, 1.54) is 11.1 Å². The molecule has 0 fully saturated rings. The molecule has 0 radical (unpaired) electrons. The summed E-state index contributed by atoms with van der Waals surface area (Å²) in [5, 5.41) is 15.4. The van der Waals surface area contributed by atoms with Crippen LogP contribution in [-0.2, 0) is 0 Å². The fourth-order valence-corrected chi connectivity index (χ4v) is 3.06. The molecule has 6 heteroatoms. The number of fused-ring (bicyclic) bond motifs is 1. The second-order valence-electron chi connectivity index (χ2n) is 6.14. The monoisotopic (exact) mass is 333 g/mol. The Morgan fingerprint density at radius 3 is 2.72 bits per heavy atom. The van der Waals surface area contributed by atoms with E-state index in [-0.39, 0.29) is 6.04 Å². The Morgan fingerprint density at radius 1 is 1.08 bits per heavy atom. The number of nitrogens with zero attached hydrogens (tertiary/aromatic N) is 4. The van der Waals surface area contributed by atoms with Gasteiger partial charge in [0.2, 0.25) is 5.95 Å². The highest BCUT2D eigenvalue weighted by atomic mass is 16.5. The lowest BCUT2D eigenvalue weighted by Gasteiger charge is -2.24. The predicted octanol–water partition coefficient (Wildman–Crippen LogP) is 3.35. The van der Waals surface area contributed by atoms with Gasteiger partial charge in [-0.15, -0.1) is 0 Å². The van der Waals surface area contributed by atoms with Crippen molar-refractivity contribution in [3.63, 3.8) is 0 Å². The van der Waals surface area contributed by atoms with E-state index >= 15 is 0 Å². The number of allylic oxidation sites excluding steroid dienone is 1. The molecule has 2 aromatic carbocycles. The van der Waals surface area contributed by atoms with Crippen molar-refractivity contribution in [3.8, 4) is 5.75 Å². The molecule has 0 unspecified atom stereocenters. The third-order valence-corrected chi connectivity index (χ3v) is 4.60. The van der Waals surface area contributed by atoms with E-state index in [0.29, 0.717) is 5.95 Å². The Morgan fingerprint density at radius 2 is 1.92 bits per heavy atom. The lowest BCUT2D eigenvalue weighted by molar-refractivity contribution is 0.403. The van der Waals surface area contributed by atoms with Crippen LogP contribution in [0.15, 0.2) is 48.5 Å². The van der Waals surface area contributed by atoms with Gasteiger partial charge in [-0.1, -0.05) is 35.4 Å².